The molecule has 0 aliphatic carbocycles. The molecule has 0 heterocycles. The second-order valence-corrected chi connectivity index (χ2v) is 5.77. The average Bonchev–Trinajstić information content (AvgIpc) is 2.37. The molecular weight excluding hydrogens is 310 g/mol. The molecule has 1 aromatic carbocycles. The van der Waals surface area contributed by atoms with Gasteiger partial charge in [-0.1, -0.05) is 11.6 Å². The number of nitrogens with one attached hydrogen (secondary N) is 1. The van der Waals surface area contributed by atoms with Crippen LogP contribution in [-0.2, 0) is 14.3 Å². The van der Waals surface area contributed by atoms with Crippen molar-refractivity contribution in [3.05, 3.63) is 23.2 Å². The minimum atomic E-state index is -0.602. The van der Waals surface area contributed by atoms with Crippen molar-refractivity contribution in [3.63, 3.8) is 0 Å². The third kappa shape index (κ3) is 6.67. The fourth-order valence-corrected chi connectivity index (χ4v) is 1.66. The summed E-state index contributed by atoms with van der Waals surface area (Å²) in [6.45, 7) is 7.10. The van der Waals surface area contributed by atoms with Gasteiger partial charge in [0.15, 0.2) is 6.61 Å². The Labute approximate surface area is 134 Å². The highest BCUT2D eigenvalue weighted by Gasteiger charge is 2.17. The average molecular weight is 330 g/mol. The van der Waals surface area contributed by atoms with E-state index in [-0.39, 0.29) is 11.6 Å². The lowest BCUT2D eigenvalue weighted by Gasteiger charge is -2.20. The van der Waals surface area contributed by atoms with Crippen molar-refractivity contribution in [2.45, 2.75) is 33.3 Å². The standard InChI is InChI=1S/C15H20ClNO5/c1-5-20-13(18)9-21-10-6-7-12(11(16)8-10)17-14(19)22-15(2,3)4/h6-8H,5,9H2,1-4H3,(H,17,19). The van der Waals surface area contributed by atoms with E-state index < -0.39 is 17.7 Å². The second kappa shape index (κ2) is 7.89. The highest BCUT2D eigenvalue weighted by atomic mass is 35.5. The molecule has 0 saturated carbocycles. The third-order valence-electron chi connectivity index (χ3n) is 2.24. The van der Waals surface area contributed by atoms with Crippen LogP contribution in [-0.4, -0.2) is 30.9 Å². The second-order valence-electron chi connectivity index (χ2n) is 5.36. The minimum absolute atomic E-state index is 0.205. The number of ether oxygens (including phenoxy) is 3. The first-order valence-electron chi connectivity index (χ1n) is 6.79. The summed E-state index contributed by atoms with van der Waals surface area (Å²) >= 11 is 6.05. The topological polar surface area (TPSA) is 73.9 Å². The zero-order valence-electron chi connectivity index (χ0n) is 13.1. The van der Waals surface area contributed by atoms with Crippen molar-refractivity contribution >= 4 is 29.4 Å². The monoisotopic (exact) mass is 329 g/mol. The Morgan fingerprint density at radius 3 is 2.50 bits per heavy atom. The van der Waals surface area contributed by atoms with Crippen molar-refractivity contribution in [2.24, 2.45) is 0 Å². The molecule has 0 bridgehead atoms. The Hall–Kier alpha value is -1.95. The molecular formula is C15H20ClNO5. The molecule has 0 unspecified atom stereocenters. The number of hydrogen-bond donors (Lipinski definition) is 1. The van der Waals surface area contributed by atoms with Crippen molar-refractivity contribution in [3.8, 4) is 5.75 Å². The number of hydrogen-bond acceptors (Lipinski definition) is 5. The molecule has 0 saturated heterocycles. The molecule has 0 aliphatic rings. The lowest BCUT2D eigenvalue weighted by molar-refractivity contribution is -0.145. The zero-order chi connectivity index (χ0) is 16.8. The smallest absolute Gasteiger partial charge is 0.412 e. The van der Waals surface area contributed by atoms with Crippen LogP contribution in [0.3, 0.4) is 0 Å². The van der Waals surface area contributed by atoms with Gasteiger partial charge in [-0.15, -0.1) is 0 Å². The van der Waals surface area contributed by atoms with Crippen molar-refractivity contribution in [1.82, 2.24) is 0 Å². The number of benzene rings is 1. The number of rotatable bonds is 5. The third-order valence-corrected chi connectivity index (χ3v) is 2.55. The van der Waals surface area contributed by atoms with E-state index in [1.54, 1.807) is 39.8 Å². The summed E-state index contributed by atoms with van der Waals surface area (Å²) in [5, 5.41) is 2.81. The molecule has 0 aromatic heterocycles. The molecule has 0 fully saturated rings. The molecule has 122 valence electrons. The summed E-state index contributed by atoms with van der Waals surface area (Å²) in [7, 11) is 0. The van der Waals surface area contributed by atoms with Gasteiger partial charge in [-0.25, -0.2) is 9.59 Å². The largest absolute Gasteiger partial charge is 0.482 e. The number of halogens is 1. The molecule has 6 nitrogen and oxygen atoms in total. The summed E-state index contributed by atoms with van der Waals surface area (Å²) in [6, 6.07) is 4.64. The fourth-order valence-electron chi connectivity index (χ4n) is 1.45. The fraction of sp³-hybridized carbons (Fsp3) is 0.467. The van der Waals surface area contributed by atoms with Crippen LogP contribution in [0.15, 0.2) is 18.2 Å². The molecule has 0 radical (unpaired) electrons. The van der Waals surface area contributed by atoms with Gasteiger partial charge < -0.3 is 14.2 Å². The Bertz CT molecular complexity index is 539. The lowest BCUT2D eigenvalue weighted by Crippen LogP contribution is -2.27. The summed E-state index contributed by atoms with van der Waals surface area (Å²) in [4.78, 5) is 22.9. The van der Waals surface area contributed by atoms with E-state index in [2.05, 4.69) is 5.32 Å². The number of esters is 1. The van der Waals surface area contributed by atoms with Crippen LogP contribution in [0.25, 0.3) is 0 Å². The molecule has 7 heteroatoms. The predicted molar refractivity (Wildman–Crippen MR) is 83.4 cm³/mol. The van der Waals surface area contributed by atoms with E-state index in [4.69, 9.17) is 25.8 Å². The Balaban J connectivity index is 2.62. The van der Waals surface area contributed by atoms with E-state index in [1.807, 2.05) is 0 Å². The summed E-state index contributed by atoms with van der Waals surface area (Å²) in [5.74, 6) is -0.0672. The zero-order valence-corrected chi connectivity index (χ0v) is 13.8. The van der Waals surface area contributed by atoms with Crippen molar-refractivity contribution < 1.29 is 23.8 Å². The van der Waals surface area contributed by atoms with Crippen molar-refractivity contribution in [1.29, 1.82) is 0 Å². The number of anilines is 1. The maximum absolute atomic E-state index is 11.7. The maximum Gasteiger partial charge on any atom is 0.412 e. The molecule has 0 atom stereocenters. The Kier molecular flexibility index (Phi) is 6.49. The number of carbonyl (C=O) groups excluding carboxylic acids is 2. The van der Waals surface area contributed by atoms with Gasteiger partial charge in [-0.2, -0.15) is 0 Å². The van der Waals surface area contributed by atoms with E-state index in [1.165, 1.54) is 6.07 Å². The van der Waals surface area contributed by atoms with E-state index in [0.29, 0.717) is 18.0 Å². The van der Waals surface area contributed by atoms with Crippen LogP contribution in [0, 0.1) is 0 Å². The Morgan fingerprint density at radius 2 is 1.95 bits per heavy atom. The summed E-state index contributed by atoms with van der Waals surface area (Å²) in [5.41, 5.74) is -0.210. The van der Waals surface area contributed by atoms with Crippen LogP contribution >= 0.6 is 11.6 Å². The highest BCUT2D eigenvalue weighted by Crippen LogP contribution is 2.27. The van der Waals surface area contributed by atoms with Gasteiger partial charge in [0.25, 0.3) is 0 Å². The number of carbonyl (C=O) groups is 2. The molecule has 22 heavy (non-hydrogen) atoms. The quantitative estimate of drug-likeness (QED) is 0.835. The summed E-state index contributed by atoms with van der Waals surface area (Å²) in [6.07, 6.45) is -0.602. The van der Waals surface area contributed by atoms with Gasteiger partial charge >= 0.3 is 12.1 Å². The van der Waals surface area contributed by atoms with Crippen LogP contribution in [0.1, 0.15) is 27.7 Å². The van der Waals surface area contributed by atoms with Crippen LogP contribution in [0.5, 0.6) is 5.75 Å². The Morgan fingerprint density at radius 1 is 1.27 bits per heavy atom. The molecule has 0 aliphatic heterocycles. The van der Waals surface area contributed by atoms with Crippen molar-refractivity contribution in [2.75, 3.05) is 18.5 Å². The SMILES string of the molecule is CCOC(=O)COc1ccc(NC(=O)OC(C)(C)C)c(Cl)c1. The van der Waals surface area contributed by atoms with Crippen LogP contribution in [0.4, 0.5) is 10.5 Å². The van der Waals surface area contributed by atoms with Gasteiger partial charge in [0.2, 0.25) is 0 Å². The first-order valence-corrected chi connectivity index (χ1v) is 7.17. The predicted octanol–water partition coefficient (Wildman–Crippen LogP) is 3.63. The first-order chi connectivity index (χ1) is 10.2. The van der Waals surface area contributed by atoms with E-state index >= 15 is 0 Å². The first kappa shape index (κ1) is 18.1. The lowest BCUT2D eigenvalue weighted by atomic mass is 10.2. The molecule has 0 spiro atoms. The van der Waals surface area contributed by atoms with E-state index in [0.717, 1.165) is 0 Å². The molecule has 1 rings (SSSR count). The normalized spacial score (nSPS) is 10.8. The molecule has 1 N–H and O–H groups in total. The summed E-state index contributed by atoms with van der Waals surface area (Å²) < 4.78 is 15.1. The number of amides is 1. The van der Waals surface area contributed by atoms with Gasteiger partial charge in [0, 0.05) is 6.07 Å². The molecule has 1 amide bonds. The molecule has 1 aromatic rings. The van der Waals surface area contributed by atoms with Gasteiger partial charge in [-0.05, 0) is 39.8 Å². The van der Waals surface area contributed by atoms with E-state index in [9.17, 15) is 9.59 Å². The van der Waals surface area contributed by atoms with Gasteiger partial charge in [-0.3, -0.25) is 5.32 Å². The maximum atomic E-state index is 11.7. The van der Waals surface area contributed by atoms with Gasteiger partial charge in [0.1, 0.15) is 11.4 Å². The van der Waals surface area contributed by atoms with Gasteiger partial charge in [0.05, 0.1) is 17.3 Å². The minimum Gasteiger partial charge on any atom is -0.482 e. The van der Waals surface area contributed by atoms with Crippen LogP contribution < -0.4 is 10.1 Å². The highest BCUT2D eigenvalue weighted by molar-refractivity contribution is 6.33. The van der Waals surface area contributed by atoms with Crippen LogP contribution in [0.2, 0.25) is 5.02 Å².